The molecule has 0 bridgehead atoms. The first-order valence-electron chi connectivity index (χ1n) is 6.15. The third kappa shape index (κ3) is 2.62. The molecule has 0 amide bonds. The Hall–Kier alpha value is -2.24. The fourth-order valence-electron chi connectivity index (χ4n) is 1.79. The van der Waals surface area contributed by atoms with Gasteiger partial charge in [-0.25, -0.2) is 19.7 Å². The van der Waals surface area contributed by atoms with E-state index < -0.39 is 5.97 Å². The van der Waals surface area contributed by atoms with Crippen molar-refractivity contribution in [3.63, 3.8) is 0 Å². The summed E-state index contributed by atoms with van der Waals surface area (Å²) in [4.78, 5) is 24.3. The molecule has 0 N–H and O–H groups in total. The average Bonchev–Trinajstić information content (AvgIpc) is 2.88. The predicted molar refractivity (Wildman–Crippen MR) is 69.2 cm³/mol. The van der Waals surface area contributed by atoms with Crippen LogP contribution < -0.4 is 0 Å². The second-order valence-electron chi connectivity index (χ2n) is 4.29. The van der Waals surface area contributed by atoms with Gasteiger partial charge < -0.3 is 4.74 Å². The molecule has 0 spiro atoms. The molecular weight excluding hydrogens is 244 g/mol. The summed E-state index contributed by atoms with van der Waals surface area (Å²) in [7, 11) is 0. The lowest BCUT2D eigenvalue weighted by Crippen LogP contribution is -2.13. The van der Waals surface area contributed by atoms with E-state index in [1.807, 2.05) is 13.8 Å². The van der Waals surface area contributed by atoms with Gasteiger partial charge in [-0.3, -0.25) is 4.57 Å². The van der Waals surface area contributed by atoms with E-state index in [0.29, 0.717) is 18.0 Å². The summed E-state index contributed by atoms with van der Waals surface area (Å²) in [6.07, 6.45) is 6.33. The van der Waals surface area contributed by atoms with E-state index in [2.05, 4.69) is 15.0 Å². The zero-order valence-corrected chi connectivity index (χ0v) is 11.2. The number of carbonyl (C=O) groups excluding carboxylic acids is 1. The Morgan fingerprint density at radius 3 is 2.89 bits per heavy atom. The maximum atomic E-state index is 11.9. The van der Waals surface area contributed by atoms with Gasteiger partial charge in [-0.05, 0) is 6.92 Å². The van der Waals surface area contributed by atoms with Crippen LogP contribution in [0.25, 0.3) is 5.82 Å². The Kier molecular flexibility index (Phi) is 3.89. The van der Waals surface area contributed by atoms with Gasteiger partial charge >= 0.3 is 5.97 Å². The van der Waals surface area contributed by atoms with Crippen LogP contribution in [0.4, 0.5) is 0 Å². The second-order valence-corrected chi connectivity index (χ2v) is 4.29. The van der Waals surface area contributed by atoms with Crippen LogP contribution in [0.5, 0.6) is 0 Å². The van der Waals surface area contributed by atoms with Crippen molar-refractivity contribution in [2.24, 2.45) is 0 Å². The molecule has 0 saturated heterocycles. The van der Waals surface area contributed by atoms with Crippen molar-refractivity contribution >= 4 is 5.97 Å². The van der Waals surface area contributed by atoms with Gasteiger partial charge in [0.1, 0.15) is 17.7 Å². The van der Waals surface area contributed by atoms with E-state index in [1.165, 1.54) is 12.5 Å². The van der Waals surface area contributed by atoms with Crippen molar-refractivity contribution in [1.29, 1.82) is 0 Å². The molecule has 0 saturated carbocycles. The van der Waals surface area contributed by atoms with E-state index in [-0.39, 0.29) is 5.92 Å². The van der Waals surface area contributed by atoms with Crippen molar-refractivity contribution in [3.8, 4) is 5.82 Å². The van der Waals surface area contributed by atoms with Crippen LogP contribution in [-0.2, 0) is 4.74 Å². The number of rotatable bonds is 4. The first-order chi connectivity index (χ1) is 9.15. The zero-order valence-electron chi connectivity index (χ0n) is 11.2. The molecular formula is C13H16N4O2. The molecule has 19 heavy (non-hydrogen) atoms. The minimum absolute atomic E-state index is 0.222. The second kappa shape index (κ2) is 5.60. The molecule has 2 heterocycles. The lowest BCUT2D eigenvalue weighted by Gasteiger charge is -2.12. The third-order valence-corrected chi connectivity index (χ3v) is 2.60. The fraction of sp³-hybridized carbons (Fsp3) is 0.385. The summed E-state index contributed by atoms with van der Waals surface area (Å²) in [6.45, 7) is 6.14. The van der Waals surface area contributed by atoms with Gasteiger partial charge in [0, 0.05) is 24.5 Å². The van der Waals surface area contributed by atoms with Crippen molar-refractivity contribution in [2.45, 2.75) is 26.7 Å². The van der Waals surface area contributed by atoms with Crippen molar-refractivity contribution in [1.82, 2.24) is 19.5 Å². The van der Waals surface area contributed by atoms with Crippen LogP contribution in [-0.4, -0.2) is 32.1 Å². The van der Waals surface area contributed by atoms with Gasteiger partial charge in [0.25, 0.3) is 0 Å². The number of carbonyl (C=O) groups is 1. The molecule has 6 nitrogen and oxygen atoms in total. The summed E-state index contributed by atoms with van der Waals surface area (Å²) in [5.41, 5.74) is 0.337. The highest BCUT2D eigenvalue weighted by atomic mass is 16.5. The molecule has 2 aromatic rings. The van der Waals surface area contributed by atoms with Crippen LogP contribution in [0.3, 0.4) is 0 Å². The highest BCUT2D eigenvalue weighted by Gasteiger charge is 2.18. The van der Waals surface area contributed by atoms with Crippen molar-refractivity contribution < 1.29 is 9.53 Å². The lowest BCUT2D eigenvalue weighted by molar-refractivity contribution is 0.0525. The molecule has 0 radical (unpaired) electrons. The Morgan fingerprint density at radius 2 is 2.21 bits per heavy atom. The van der Waals surface area contributed by atoms with Crippen LogP contribution in [0.1, 0.15) is 42.9 Å². The van der Waals surface area contributed by atoms with Gasteiger partial charge in [0.05, 0.1) is 6.61 Å². The minimum Gasteiger partial charge on any atom is -0.462 e. The molecule has 6 heteroatoms. The van der Waals surface area contributed by atoms with Crippen LogP contribution >= 0.6 is 0 Å². The quantitative estimate of drug-likeness (QED) is 0.786. The number of esters is 1. The molecule has 2 aromatic heterocycles. The zero-order chi connectivity index (χ0) is 13.8. The highest BCUT2D eigenvalue weighted by Crippen LogP contribution is 2.19. The molecule has 0 aliphatic carbocycles. The lowest BCUT2D eigenvalue weighted by atomic mass is 10.2. The van der Waals surface area contributed by atoms with E-state index in [9.17, 15) is 4.79 Å². The SMILES string of the molecule is CCOC(=O)c1cncnc1-n1ccnc1C(C)C. The smallest absolute Gasteiger partial charge is 0.343 e. The largest absolute Gasteiger partial charge is 0.462 e. The maximum Gasteiger partial charge on any atom is 0.343 e. The Morgan fingerprint density at radius 1 is 1.42 bits per heavy atom. The summed E-state index contributed by atoms with van der Waals surface area (Å²) in [6, 6.07) is 0. The molecule has 100 valence electrons. The molecule has 0 aliphatic heterocycles. The van der Waals surface area contributed by atoms with Crippen molar-refractivity contribution in [2.75, 3.05) is 6.61 Å². The normalized spacial score (nSPS) is 10.7. The Bertz CT molecular complexity index is 578. The number of hydrogen-bond acceptors (Lipinski definition) is 5. The standard InChI is InChI=1S/C13H16N4O2/c1-4-19-13(18)10-7-14-8-16-12(10)17-6-5-15-11(17)9(2)3/h5-9H,4H2,1-3H3. The fourth-order valence-corrected chi connectivity index (χ4v) is 1.79. The monoisotopic (exact) mass is 260 g/mol. The summed E-state index contributed by atoms with van der Waals surface area (Å²) in [5, 5.41) is 0. The Labute approximate surface area is 111 Å². The summed E-state index contributed by atoms with van der Waals surface area (Å²) < 4.78 is 6.80. The average molecular weight is 260 g/mol. The van der Waals surface area contributed by atoms with Crippen LogP contribution in [0, 0.1) is 0 Å². The maximum absolute atomic E-state index is 11.9. The topological polar surface area (TPSA) is 69.9 Å². The van der Waals surface area contributed by atoms with E-state index in [4.69, 9.17) is 4.74 Å². The van der Waals surface area contributed by atoms with Gasteiger partial charge in [-0.1, -0.05) is 13.8 Å². The van der Waals surface area contributed by atoms with Crippen molar-refractivity contribution in [3.05, 3.63) is 36.3 Å². The third-order valence-electron chi connectivity index (χ3n) is 2.60. The number of ether oxygens (including phenoxy) is 1. The van der Waals surface area contributed by atoms with Gasteiger partial charge in [0.15, 0.2) is 5.82 Å². The molecule has 2 rings (SSSR count). The van der Waals surface area contributed by atoms with Gasteiger partial charge in [-0.15, -0.1) is 0 Å². The number of imidazole rings is 1. The first-order valence-corrected chi connectivity index (χ1v) is 6.15. The molecule has 0 aromatic carbocycles. The van der Waals surface area contributed by atoms with E-state index in [0.717, 1.165) is 5.82 Å². The molecule has 0 unspecified atom stereocenters. The number of aromatic nitrogens is 4. The number of nitrogens with zero attached hydrogens (tertiary/aromatic N) is 4. The summed E-state index contributed by atoms with van der Waals surface area (Å²) >= 11 is 0. The van der Waals surface area contributed by atoms with E-state index >= 15 is 0 Å². The van der Waals surface area contributed by atoms with Gasteiger partial charge in [0.2, 0.25) is 0 Å². The molecule has 0 fully saturated rings. The minimum atomic E-state index is -0.429. The molecule has 0 atom stereocenters. The highest BCUT2D eigenvalue weighted by molar-refractivity contribution is 5.92. The first kappa shape index (κ1) is 13.2. The van der Waals surface area contributed by atoms with Crippen LogP contribution in [0.15, 0.2) is 24.9 Å². The van der Waals surface area contributed by atoms with E-state index in [1.54, 1.807) is 23.9 Å². The number of hydrogen-bond donors (Lipinski definition) is 0. The summed E-state index contributed by atoms with van der Waals surface area (Å²) in [5.74, 6) is 1.13. The molecule has 0 aliphatic rings. The Balaban J connectivity index is 2.50. The van der Waals surface area contributed by atoms with Crippen LogP contribution in [0.2, 0.25) is 0 Å². The predicted octanol–water partition coefficient (Wildman–Crippen LogP) is 1.96. The van der Waals surface area contributed by atoms with Gasteiger partial charge in [-0.2, -0.15) is 0 Å².